The standard InChI is InChI=1S/C23H20ClN3O2S/c1-3-27-22(29)17-11-15-6-4-5-7-16(15)12-20(17)26-23(27)30-13-21(28)25-19-9-8-14(2)10-18(19)24/h4-12H,3,13H2,1-2H3,(H,25,28). The molecule has 0 spiro atoms. The molecule has 0 saturated carbocycles. The van der Waals surface area contributed by atoms with Crippen LogP contribution in [0.1, 0.15) is 12.5 Å². The molecule has 4 rings (SSSR count). The van der Waals surface area contributed by atoms with Crippen molar-refractivity contribution in [1.82, 2.24) is 9.55 Å². The van der Waals surface area contributed by atoms with Crippen molar-refractivity contribution >= 4 is 56.6 Å². The molecule has 0 radical (unpaired) electrons. The second-order valence-electron chi connectivity index (χ2n) is 6.98. The van der Waals surface area contributed by atoms with Crippen molar-refractivity contribution < 1.29 is 4.79 Å². The van der Waals surface area contributed by atoms with Crippen molar-refractivity contribution in [2.24, 2.45) is 0 Å². The molecule has 0 aliphatic rings. The van der Waals surface area contributed by atoms with E-state index >= 15 is 0 Å². The minimum atomic E-state index is -0.207. The predicted octanol–water partition coefficient (Wildman–Crippen LogP) is 5.26. The number of aryl methyl sites for hydroxylation is 1. The van der Waals surface area contributed by atoms with Crippen LogP contribution in [0.5, 0.6) is 0 Å². The number of thioether (sulfide) groups is 1. The molecular formula is C23H20ClN3O2S. The summed E-state index contributed by atoms with van der Waals surface area (Å²) in [5.41, 5.74) is 2.12. The molecule has 4 aromatic rings. The highest BCUT2D eigenvalue weighted by atomic mass is 35.5. The minimum Gasteiger partial charge on any atom is -0.324 e. The largest absolute Gasteiger partial charge is 0.324 e. The minimum absolute atomic E-state index is 0.0993. The van der Waals surface area contributed by atoms with E-state index < -0.39 is 0 Å². The number of carbonyl (C=O) groups is 1. The van der Waals surface area contributed by atoms with Gasteiger partial charge in [0.1, 0.15) is 0 Å². The Morgan fingerprint density at radius 2 is 1.87 bits per heavy atom. The Balaban J connectivity index is 1.62. The smallest absolute Gasteiger partial charge is 0.262 e. The topological polar surface area (TPSA) is 64.0 Å². The molecular weight excluding hydrogens is 418 g/mol. The lowest BCUT2D eigenvalue weighted by molar-refractivity contribution is -0.113. The second kappa shape index (κ2) is 8.50. The number of amides is 1. The number of fused-ring (bicyclic) bond motifs is 2. The normalized spacial score (nSPS) is 11.2. The molecule has 1 aromatic heterocycles. The third-order valence-corrected chi connectivity index (χ3v) is 6.12. The van der Waals surface area contributed by atoms with Crippen molar-refractivity contribution in [2.75, 3.05) is 11.1 Å². The van der Waals surface area contributed by atoms with Crippen LogP contribution in [0.15, 0.2) is 64.5 Å². The van der Waals surface area contributed by atoms with E-state index in [1.54, 1.807) is 16.7 Å². The molecule has 1 heterocycles. The number of hydrogen-bond donors (Lipinski definition) is 1. The van der Waals surface area contributed by atoms with E-state index in [2.05, 4.69) is 10.3 Å². The molecule has 0 bridgehead atoms. The van der Waals surface area contributed by atoms with Gasteiger partial charge in [-0.2, -0.15) is 0 Å². The lowest BCUT2D eigenvalue weighted by atomic mass is 10.1. The van der Waals surface area contributed by atoms with Crippen LogP contribution in [0.3, 0.4) is 0 Å². The van der Waals surface area contributed by atoms with E-state index in [9.17, 15) is 9.59 Å². The van der Waals surface area contributed by atoms with Gasteiger partial charge in [0.05, 0.1) is 27.4 Å². The summed E-state index contributed by atoms with van der Waals surface area (Å²) in [6.07, 6.45) is 0. The number of halogens is 1. The summed E-state index contributed by atoms with van der Waals surface area (Å²) in [5, 5.41) is 6.44. The van der Waals surface area contributed by atoms with Crippen LogP contribution in [0.2, 0.25) is 5.02 Å². The van der Waals surface area contributed by atoms with Crippen LogP contribution >= 0.6 is 23.4 Å². The molecule has 0 atom stereocenters. The maximum absolute atomic E-state index is 13.0. The van der Waals surface area contributed by atoms with E-state index in [4.69, 9.17) is 11.6 Å². The number of rotatable bonds is 5. The number of benzene rings is 3. The van der Waals surface area contributed by atoms with Gasteiger partial charge in [0, 0.05) is 6.54 Å². The molecule has 0 unspecified atom stereocenters. The number of carbonyl (C=O) groups excluding carboxylic acids is 1. The third-order valence-electron chi connectivity index (χ3n) is 4.83. The second-order valence-corrected chi connectivity index (χ2v) is 8.33. The Labute approximate surface area is 183 Å². The number of nitrogens with zero attached hydrogens (tertiary/aromatic N) is 2. The highest BCUT2D eigenvalue weighted by molar-refractivity contribution is 7.99. The van der Waals surface area contributed by atoms with Gasteiger partial charge in [-0.3, -0.25) is 14.2 Å². The molecule has 0 aliphatic carbocycles. The van der Waals surface area contributed by atoms with E-state index in [-0.39, 0.29) is 17.2 Å². The number of aromatic nitrogens is 2. The van der Waals surface area contributed by atoms with Crippen LogP contribution in [0.25, 0.3) is 21.7 Å². The first kappa shape index (κ1) is 20.4. The molecule has 0 saturated heterocycles. The zero-order chi connectivity index (χ0) is 21.3. The lowest BCUT2D eigenvalue weighted by Crippen LogP contribution is -2.23. The molecule has 1 amide bonds. The number of hydrogen-bond acceptors (Lipinski definition) is 4. The van der Waals surface area contributed by atoms with Gasteiger partial charge < -0.3 is 5.32 Å². The highest BCUT2D eigenvalue weighted by Gasteiger charge is 2.14. The third kappa shape index (κ3) is 4.06. The van der Waals surface area contributed by atoms with Gasteiger partial charge in [-0.05, 0) is 54.4 Å². The molecule has 152 valence electrons. The number of anilines is 1. The van der Waals surface area contributed by atoms with E-state index in [1.165, 1.54) is 11.8 Å². The van der Waals surface area contributed by atoms with Gasteiger partial charge in [0.2, 0.25) is 5.91 Å². The van der Waals surface area contributed by atoms with Crippen LogP contribution in [0.4, 0.5) is 5.69 Å². The Bertz CT molecular complexity index is 1330. The van der Waals surface area contributed by atoms with Gasteiger partial charge in [0.15, 0.2) is 5.16 Å². The fraction of sp³-hybridized carbons (Fsp3) is 0.174. The monoisotopic (exact) mass is 437 g/mol. The van der Waals surface area contributed by atoms with E-state index in [0.717, 1.165) is 16.3 Å². The van der Waals surface area contributed by atoms with E-state index in [1.807, 2.05) is 56.3 Å². The molecule has 0 aliphatic heterocycles. The molecule has 7 heteroatoms. The first-order valence-electron chi connectivity index (χ1n) is 9.58. The Kier molecular flexibility index (Phi) is 5.79. The summed E-state index contributed by atoms with van der Waals surface area (Å²) in [6, 6.07) is 17.1. The molecule has 1 N–H and O–H groups in total. The predicted molar refractivity (Wildman–Crippen MR) is 125 cm³/mol. The van der Waals surface area contributed by atoms with Gasteiger partial charge >= 0.3 is 0 Å². The maximum atomic E-state index is 13.0. The fourth-order valence-electron chi connectivity index (χ4n) is 3.31. The maximum Gasteiger partial charge on any atom is 0.262 e. The summed E-state index contributed by atoms with van der Waals surface area (Å²) in [6.45, 7) is 4.31. The molecule has 0 fully saturated rings. The van der Waals surface area contributed by atoms with Gasteiger partial charge in [0.25, 0.3) is 5.56 Å². The Morgan fingerprint density at radius 1 is 1.13 bits per heavy atom. The van der Waals surface area contributed by atoms with Crippen LogP contribution in [-0.2, 0) is 11.3 Å². The van der Waals surface area contributed by atoms with Gasteiger partial charge in [-0.1, -0.05) is 53.7 Å². The van der Waals surface area contributed by atoms with Crippen molar-refractivity contribution in [3.05, 3.63) is 75.5 Å². The summed E-state index contributed by atoms with van der Waals surface area (Å²) >= 11 is 7.43. The van der Waals surface area contributed by atoms with E-state index in [0.29, 0.717) is 33.3 Å². The summed E-state index contributed by atoms with van der Waals surface area (Å²) in [5.74, 6) is -0.0864. The Hall–Kier alpha value is -2.83. The first-order valence-corrected chi connectivity index (χ1v) is 10.9. The van der Waals surface area contributed by atoms with Crippen molar-refractivity contribution in [1.29, 1.82) is 0 Å². The van der Waals surface area contributed by atoms with Crippen LogP contribution in [0, 0.1) is 6.92 Å². The quantitative estimate of drug-likeness (QED) is 0.262. The van der Waals surface area contributed by atoms with Gasteiger partial charge in [-0.25, -0.2) is 4.98 Å². The molecule has 3 aromatic carbocycles. The summed E-state index contributed by atoms with van der Waals surface area (Å²) < 4.78 is 1.61. The number of nitrogens with one attached hydrogen (secondary N) is 1. The van der Waals surface area contributed by atoms with Crippen molar-refractivity contribution in [2.45, 2.75) is 25.5 Å². The average Bonchev–Trinajstić information content (AvgIpc) is 2.73. The average molecular weight is 438 g/mol. The zero-order valence-corrected chi connectivity index (χ0v) is 18.2. The molecule has 30 heavy (non-hydrogen) atoms. The fourth-order valence-corrected chi connectivity index (χ4v) is 4.46. The lowest BCUT2D eigenvalue weighted by Gasteiger charge is -2.12. The summed E-state index contributed by atoms with van der Waals surface area (Å²) in [4.78, 5) is 30.2. The van der Waals surface area contributed by atoms with Crippen molar-refractivity contribution in [3.8, 4) is 0 Å². The first-order chi connectivity index (χ1) is 14.5. The summed E-state index contributed by atoms with van der Waals surface area (Å²) in [7, 11) is 0. The van der Waals surface area contributed by atoms with Crippen molar-refractivity contribution in [3.63, 3.8) is 0 Å². The highest BCUT2D eigenvalue weighted by Crippen LogP contribution is 2.25. The SMILES string of the molecule is CCn1c(SCC(=O)Nc2ccc(C)cc2Cl)nc2cc3ccccc3cc2c1=O. The molecule has 5 nitrogen and oxygen atoms in total. The Morgan fingerprint density at radius 3 is 2.57 bits per heavy atom. The van der Waals surface area contributed by atoms with Crippen LogP contribution < -0.4 is 10.9 Å². The van der Waals surface area contributed by atoms with Crippen LogP contribution in [-0.4, -0.2) is 21.2 Å². The van der Waals surface area contributed by atoms with Gasteiger partial charge in [-0.15, -0.1) is 0 Å². The zero-order valence-electron chi connectivity index (χ0n) is 16.6.